The Bertz CT molecular complexity index is 1830. The van der Waals surface area contributed by atoms with E-state index in [0.717, 1.165) is 12.1 Å². The Kier molecular flexibility index (Phi) is 8.90. The summed E-state index contributed by atoms with van der Waals surface area (Å²) in [5, 5.41) is 6.18. The van der Waals surface area contributed by atoms with Crippen molar-refractivity contribution in [1.29, 1.82) is 0 Å². The van der Waals surface area contributed by atoms with Crippen LogP contribution in [0.3, 0.4) is 0 Å². The van der Waals surface area contributed by atoms with Crippen LogP contribution in [0.25, 0.3) is 5.69 Å². The van der Waals surface area contributed by atoms with Crippen LogP contribution in [-0.4, -0.2) is 44.3 Å². The molecule has 5 rings (SSSR count). The standard InChI is InChI=1S/C31H27Cl2F3N6O3/c1-16-12-22-26(15-41(16)28(44)19-6-10-23(32)24(33)13-19)40-30(39-17(2)18-4-7-20(8-5-18)31(34,35)36)42(29(22)45)21-9-11-25(38-14-21)27(43)37-3/h4-11,13-14,16-17H,12,15H2,1-3H3,(H,37,43)(H,39,40)/t16-,17+/m1/s1. The van der Waals surface area contributed by atoms with Gasteiger partial charge < -0.3 is 15.5 Å². The third kappa shape index (κ3) is 6.52. The minimum Gasteiger partial charge on any atom is -0.354 e. The summed E-state index contributed by atoms with van der Waals surface area (Å²) in [6, 6.07) is 11.3. The zero-order chi connectivity index (χ0) is 32.6. The summed E-state index contributed by atoms with van der Waals surface area (Å²) in [5.74, 6) is -0.649. The van der Waals surface area contributed by atoms with E-state index in [2.05, 4.69) is 15.6 Å². The van der Waals surface area contributed by atoms with Gasteiger partial charge in [-0.2, -0.15) is 13.2 Å². The van der Waals surface area contributed by atoms with Crippen molar-refractivity contribution in [2.45, 2.75) is 45.1 Å². The molecule has 234 valence electrons. The average molecular weight is 659 g/mol. The first-order valence-electron chi connectivity index (χ1n) is 13.8. The van der Waals surface area contributed by atoms with Gasteiger partial charge in [0.2, 0.25) is 5.95 Å². The molecule has 0 fully saturated rings. The molecule has 0 radical (unpaired) electrons. The van der Waals surface area contributed by atoms with Crippen LogP contribution in [0, 0.1) is 0 Å². The predicted molar refractivity (Wildman–Crippen MR) is 164 cm³/mol. The lowest BCUT2D eigenvalue weighted by atomic mass is 9.98. The second kappa shape index (κ2) is 12.5. The van der Waals surface area contributed by atoms with Crippen LogP contribution in [0.15, 0.2) is 65.6 Å². The van der Waals surface area contributed by atoms with Gasteiger partial charge in [-0.25, -0.2) is 14.5 Å². The number of pyridine rings is 1. The van der Waals surface area contributed by atoms with Crippen LogP contribution in [0.4, 0.5) is 19.1 Å². The van der Waals surface area contributed by atoms with Gasteiger partial charge in [0.25, 0.3) is 17.4 Å². The lowest BCUT2D eigenvalue weighted by Crippen LogP contribution is -2.46. The van der Waals surface area contributed by atoms with Crippen molar-refractivity contribution in [3.05, 3.63) is 115 Å². The van der Waals surface area contributed by atoms with Gasteiger partial charge in [0, 0.05) is 24.2 Å². The van der Waals surface area contributed by atoms with Crippen LogP contribution in [-0.2, 0) is 19.1 Å². The summed E-state index contributed by atoms with van der Waals surface area (Å²) in [7, 11) is 1.47. The minimum atomic E-state index is -4.48. The highest BCUT2D eigenvalue weighted by atomic mass is 35.5. The summed E-state index contributed by atoms with van der Waals surface area (Å²) >= 11 is 12.2. The molecule has 9 nitrogen and oxygen atoms in total. The van der Waals surface area contributed by atoms with Gasteiger partial charge in [0.15, 0.2) is 0 Å². The van der Waals surface area contributed by atoms with E-state index >= 15 is 0 Å². The number of halogens is 5. The van der Waals surface area contributed by atoms with Crippen molar-refractivity contribution in [3.63, 3.8) is 0 Å². The highest BCUT2D eigenvalue weighted by Gasteiger charge is 2.33. The molecule has 1 aliphatic rings. The van der Waals surface area contributed by atoms with Gasteiger partial charge in [-0.15, -0.1) is 0 Å². The zero-order valence-corrected chi connectivity index (χ0v) is 25.8. The Labute approximate surface area is 266 Å². The number of fused-ring (bicyclic) bond motifs is 1. The Hall–Kier alpha value is -4.42. The molecule has 2 aromatic carbocycles. The third-order valence-electron chi connectivity index (χ3n) is 7.59. The van der Waals surface area contributed by atoms with Crippen molar-refractivity contribution < 1.29 is 22.8 Å². The summed E-state index contributed by atoms with van der Waals surface area (Å²) < 4.78 is 40.7. The second-order valence-electron chi connectivity index (χ2n) is 10.6. The monoisotopic (exact) mass is 658 g/mol. The second-order valence-corrected chi connectivity index (χ2v) is 11.4. The van der Waals surface area contributed by atoms with Crippen LogP contribution < -0.4 is 16.2 Å². The molecule has 0 aliphatic carbocycles. The van der Waals surface area contributed by atoms with Gasteiger partial charge in [-0.05, 0) is 68.3 Å². The number of hydrogen-bond acceptors (Lipinski definition) is 6. The number of carbonyl (C=O) groups is 2. The number of nitrogens with one attached hydrogen (secondary N) is 2. The van der Waals surface area contributed by atoms with Crippen molar-refractivity contribution >= 4 is 41.0 Å². The van der Waals surface area contributed by atoms with Crippen LogP contribution in [0.5, 0.6) is 0 Å². The van der Waals surface area contributed by atoms with Crippen molar-refractivity contribution in [1.82, 2.24) is 24.8 Å². The number of benzene rings is 2. The fourth-order valence-corrected chi connectivity index (χ4v) is 5.38. The van der Waals surface area contributed by atoms with Crippen LogP contribution >= 0.6 is 23.2 Å². The normalized spacial score (nSPS) is 15.3. The fraction of sp³-hybridized carbons (Fsp3) is 0.258. The van der Waals surface area contributed by atoms with Crippen LogP contribution in [0.1, 0.15) is 63.1 Å². The first kappa shape index (κ1) is 32.0. The van der Waals surface area contributed by atoms with E-state index in [0.29, 0.717) is 33.1 Å². The number of amides is 2. The number of nitrogens with zero attached hydrogens (tertiary/aromatic N) is 4. The van der Waals surface area contributed by atoms with Crippen molar-refractivity contribution in [3.8, 4) is 5.69 Å². The number of hydrogen-bond donors (Lipinski definition) is 2. The molecule has 1 aliphatic heterocycles. The topological polar surface area (TPSA) is 109 Å². The highest BCUT2D eigenvalue weighted by Crippen LogP contribution is 2.31. The molecular formula is C31H27Cl2F3N6O3. The van der Waals surface area contributed by atoms with E-state index in [4.69, 9.17) is 28.2 Å². The van der Waals surface area contributed by atoms with E-state index in [-0.39, 0.29) is 41.6 Å². The first-order valence-corrected chi connectivity index (χ1v) is 14.6. The summed E-state index contributed by atoms with van der Waals surface area (Å²) in [6.07, 6.45) is -2.92. The van der Waals surface area contributed by atoms with Gasteiger partial charge in [-0.3, -0.25) is 14.4 Å². The van der Waals surface area contributed by atoms with Gasteiger partial charge in [0.1, 0.15) is 5.69 Å². The zero-order valence-electron chi connectivity index (χ0n) is 24.2. The summed E-state index contributed by atoms with van der Waals surface area (Å²) in [6.45, 7) is 3.55. The molecule has 2 N–H and O–H groups in total. The molecule has 14 heteroatoms. The smallest absolute Gasteiger partial charge is 0.354 e. The molecular weight excluding hydrogens is 632 g/mol. The first-order chi connectivity index (χ1) is 21.3. The highest BCUT2D eigenvalue weighted by molar-refractivity contribution is 6.42. The van der Waals surface area contributed by atoms with Crippen molar-refractivity contribution in [2.75, 3.05) is 12.4 Å². The third-order valence-corrected chi connectivity index (χ3v) is 8.33. The number of aromatic nitrogens is 3. The number of anilines is 1. The molecule has 3 heterocycles. The lowest BCUT2D eigenvalue weighted by molar-refractivity contribution is -0.137. The Morgan fingerprint density at radius 2 is 1.76 bits per heavy atom. The maximum absolute atomic E-state index is 14.1. The molecule has 4 aromatic rings. The molecule has 45 heavy (non-hydrogen) atoms. The van der Waals surface area contributed by atoms with E-state index in [9.17, 15) is 27.6 Å². The molecule has 0 unspecified atom stereocenters. The SMILES string of the molecule is CNC(=O)c1ccc(-n2c(N[C@@H](C)c3ccc(C(F)(F)F)cc3)nc3c(c2=O)C[C@@H](C)N(C(=O)c2ccc(Cl)c(Cl)c2)C3)cn1. The average Bonchev–Trinajstić information content (AvgIpc) is 3.01. The Balaban J connectivity index is 1.56. The Morgan fingerprint density at radius 1 is 1.04 bits per heavy atom. The van der Waals surface area contributed by atoms with E-state index in [1.54, 1.807) is 24.0 Å². The Morgan fingerprint density at radius 3 is 2.36 bits per heavy atom. The minimum absolute atomic E-state index is 0.0167. The molecule has 0 bridgehead atoms. The van der Waals surface area contributed by atoms with Crippen LogP contribution in [0.2, 0.25) is 10.0 Å². The maximum atomic E-state index is 14.1. The number of rotatable bonds is 6. The molecule has 2 atom stereocenters. The molecule has 2 aromatic heterocycles. The molecule has 0 saturated heterocycles. The van der Waals surface area contributed by atoms with Crippen molar-refractivity contribution in [2.24, 2.45) is 0 Å². The lowest BCUT2D eigenvalue weighted by Gasteiger charge is -2.35. The fourth-order valence-electron chi connectivity index (χ4n) is 5.08. The quantitative estimate of drug-likeness (QED) is 0.260. The molecule has 2 amide bonds. The maximum Gasteiger partial charge on any atom is 0.416 e. The summed E-state index contributed by atoms with van der Waals surface area (Å²) in [5.41, 5.74) is 0.841. The summed E-state index contributed by atoms with van der Waals surface area (Å²) in [4.78, 5) is 50.1. The predicted octanol–water partition coefficient (Wildman–Crippen LogP) is 6.07. The largest absolute Gasteiger partial charge is 0.416 e. The van der Waals surface area contributed by atoms with Gasteiger partial charge in [-0.1, -0.05) is 35.3 Å². The molecule has 0 spiro atoms. The van der Waals surface area contributed by atoms with E-state index in [1.165, 1.54) is 48.1 Å². The van der Waals surface area contributed by atoms with Gasteiger partial charge >= 0.3 is 6.18 Å². The number of carbonyl (C=O) groups excluding carboxylic acids is 2. The molecule has 0 saturated carbocycles. The van der Waals surface area contributed by atoms with E-state index in [1.807, 2.05) is 6.92 Å². The number of alkyl halides is 3. The van der Waals surface area contributed by atoms with Gasteiger partial charge in [0.05, 0.1) is 45.8 Å². The van der Waals surface area contributed by atoms with E-state index < -0.39 is 29.2 Å².